The summed E-state index contributed by atoms with van der Waals surface area (Å²) in [7, 11) is 0. The van der Waals surface area contributed by atoms with Gasteiger partial charge in [-0.25, -0.2) is 8.78 Å². The van der Waals surface area contributed by atoms with Gasteiger partial charge in [-0.3, -0.25) is 4.79 Å². The first-order chi connectivity index (χ1) is 13.6. The van der Waals surface area contributed by atoms with Gasteiger partial charge in [-0.1, -0.05) is 42.5 Å². The van der Waals surface area contributed by atoms with Gasteiger partial charge in [0.2, 0.25) is 5.91 Å². The van der Waals surface area contributed by atoms with Crippen LogP contribution in [0.1, 0.15) is 18.4 Å². The molecule has 3 nitrogen and oxygen atoms in total. The zero-order chi connectivity index (χ0) is 19.5. The molecule has 1 saturated heterocycles. The van der Waals surface area contributed by atoms with Crippen molar-refractivity contribution in [2.45, 2.75) is 25.4 Å². The number of hydrogen-bond donors (Lipinski definition) is 0. The van der Waals surface area contributed by atoms with Crippen molar-refractivity contribution in [2.24, 2.45) is 0 Å². The molecular weight excluding hydrogens is 360 g/mol. The number of likely N-dealkylation sites (tertiary alicyclic amines) is 1. The molecule has 1 fully saturated rings. The fourth-order valence-corrected chi connectivity index (χ4v) is 3.61. The number of nitrogens with zero attached hydrogens (tertiary/aromatic N) is 1. The average molecular weight is 381 g/mol. The maximum atomic E-state index is 13.7. The Labute approximate surface area is 162 Å². The van der Waals surface area contributed by atoms with Gasteiger partial charge in [0.05, 0.1) is 6.42 Å². The van der Waals surface area contributed by atoms with Gasteiger partial charge in [0, 0.05) is 32.0 Å². The van der Waals surface area contributed by atoms with Crippen LogP contribution in [-0.4, -0.2) is 30.0 Å². The van der Waals surface area contributed by atoms with Crippen LogP contribution in [0.3, 0.4) is 0 Å². The third-order valence-corrected chi connectivity index (χ3v) is 5.15. The van der Waals surface area contributed by atoms with Crippen molar-refractivity contribution in [2.75, 3.05) is 13.1 Å². The summed E-state index contributed by atoms with van der Waals surface area (Å²) < 4.78 is 32.4. The molecule has 0 unspecified atom stereocenters. The summed E-state index contributed by atoms with van der Waals surface area (Å²) in [5.74, 6) is -1.18. The number of amides is 1. The molecule has 4 rings (SSSR count). The topological polar surface area (TPSA) is 29.5 Å². The Hall–Kier alpha value is -2.95. The highest BCUT2D eigenvalue weighted by atomic mass is 19.1. The van der Waals surface area contributed by atoms with Crippen LogP contribution in [0.4, 0.5) is 8.78 Å². The highest BCUT2D eigenvalue weighted by Crippen LogP contribution is 2.23. The Bertz CT molecular complexity index is 997. The largest absolute Gasteiger partial charge is 0.487 e. The van der Waals surface area contributed by atoms with Gasteiger partial charge in [-0.15, -0.1) is 0 Å². The van der Waals surface area contributed by atoms with Crippen LogP contribution in [0.2, 0.25) is 0 Å². The van der Waals surface area contributed by atoms with Gasteiger partial charge in [-0.05, 0) is 28.5 Å². The first kappa shape index (κ1) is 18.4. The predicted molar refractivity (Wildman–Crippen MR) is 104 cm³/mol. The molecule has 1 aliphatic heterocycles. The molecule has 28 heavy (non-hydrogen) atoms. The average Bonchev–Trinajstić information content (AvgIpc) is 2.70. The van der Waals surface area contributed by atoms with Gasteiger partial charge in [0.1, 0.15) is 11.9 Å². The van der Waals surface area contributed by atoms with Crippen LogP contribution in [0, 0.1) is 11.6 Å². The number of hydrogen-bond acceptors (Lipinski definition) is 2. The smallest absolute Gasteiger partial charge is 0.226 e. The molecule has 3 aromatic rings. The van der Waals surface area contributed by atoms with Crippen LogP contribution in [0.5, 0.6) is 5.75 Å². The van der Waals surface area contributed by atoms with Crippen molar-refractivity contribution < 1.29 is 18.3 Å². The minimum absolute atomic E-state index is 0.0577. The summed E-state index contributed by atoms with van der Waals surface area (Å²) in [6, 6.07) is 17.5. The zero-order valence-electron chi connectivity index (χ0n) is 15.4. The normalized spacial score (nSPS) is 15.0. The quantitative estimate of drug-likeness (QED) is 0.654. The summed E-state index contributed by atoms with van der Waals surface area (Å²) in [6.45, 7) is 1.14. The molecule has 0 spiro atoms. The van der Waals surface area contributed by atoms with Crippen LogP contribution >= 0.6 is 0 Å². The van der Waals surface area contributed by atoms with Crippen molar-refractivity contribution in [1.29, 1.82) is 0 Å². The van der Waals surface area contributed by atoms with Gasteiger partial charge in [-0.2, -0.15) is 0 Å². The van der Waals surface area contributed by atoms with E-state index in [1.807, 2.05) is 35.2 Å². The van der Waals surface area contributed by atoms with Crippen LogP contribution in [0.25, 0.3) is 10.8 Å². The number of piperidine rings is 1. The Morgan fingerprint density at radius 1 is 0.964 bits per heavy atom. The van der Waals surface area contributed by atoms with E-state index in [4.69, 9.17) is 4.74 Å². The number of benzene rings is 3. The van der Waals surface area contributed by atoms with E-state index >= 15 is 0 Å². The summed E-state index contributed by atoms with van der Waals surface area (Å²) in [5.41, 5.74) is 0.996. The summed E-state index contributed by atoms with van der Waals surface area (Å²) in [6.07, 6.45) is 1.44. The monoisotopic (exact) mass is 381 g/mol. The lowest BCUT2D eigenvalue weighted by Crippen LogP contribution is -2.42. The van der Waals surface area contributed by atoms with Crippen molar-refractivity contribution in [1.82, 2.24) is 4.90 Å². The molecule has 3 aromatic carbocycles. The fraction of sp³-hybridized carbons (Fsp3) is 0.261. The molecular formula is C23H21F2NO2. The number of carbonyl (C=O) groups excluding carboxylic acids is 1. The van der Waals surface area contributed by atoms with Gasteiger partial charge >= 0.3 is 0 Å². The van der Waals surface area contributed by atoms with E-state index in [0.29, 0.717) is 32.4 Å². The molecule has 0 saturated carbocycles. The lowest BCUT2D eigenvalue weighted by atomic mass is 10.0. The fourth-order valence-electron chi connectivity index (χ4n) is 3.61. The Morgan fingerprint density at radius 2 is 1.71 bits per heavy atom. The highest BCUT2D eigenvalue weighted by molar-refractivity contribution is 5.85. The van der Waals surface area contributed by atoms with E-state index < -0.39 is 11.6 Å². The SMILES string of the molecule is O=C(Cc1ccc2ccccc2c1)N1CCC(Oc2ccc(F)cc2F)CC1. The molecule has 144 valence electrons. The lowest BCUT2D eigenvalue weighted by molar-refractivity contribution is -0.132. The third-order valence-electron chi connectivity index (χ3n) is 5.15. The molecule has 1 amide bonds. The van der Waals surface area contributed by atoms with E-state index in [9.17, 15) is 13.6 Å². The molecule has 1 aliphatic rings. The molecule has 0 N–H and O–H groups in total. The zero-order valence-corrected chi connectivity index (χ0v) is 15.4. The molecule has 1 heterocycles. The minimum atomic E-state index is -0.699. The number of carbonyl (C=O) groups is 1. The maximum absolute atomic E-state index is 13.7. The first-order valence-corrected chi connectivity index (χ1v) is 9.45. The molecule has 5 heteroatoms. The predicted octanol–water partition coefficient (Wildman–Crippen LogP) is 4.73. The van der Waals surface area contributed by atoms with E-state index in [0.717, 1.165) is 22.4 Å². The van der Waals surface area contributed by atoms with Crippen molar-refractivity contribution >= 4 is 16.7 Å². The Balaban J connectivity index is 1.33. The van der Waals surface area contributed by atoms with Crippen molar-refractivity contribution in [3.8, 4) is 5.75 Å². The molecule has 0 aromatic heterocycles. The summed E-state index contributed by atoms with van der Waals surface area (Å²) in [4.78, 5) is 14.5. The van der Waals surface area contributed by atoms with Gasteiger partial charge < -0.3 is 9.64 Å². The summed E-state index contributed by atoms with van der Waals surface area (Å²) >= 11 is 0. The molecule has 0 bridgehead atoms. The molecule has 0 atom stereocenters. The van der Waals surface area contributed by atoms with Crippen LogP contribution < -0.4 is 4.74 Å². The van der Waals surface area contributed by atoms with Crippen LogP contribution in [-0.2, 0) is 11.2 Å². The number of halogens is 2. The number of ether oxygens (including phenoxy) is 1. The molecule has 0 aliphatic carbocycles. The molecule has 0 radical (unpaired) electrons. The lowest BCUT2D eigenvalue weighted by Gasteiger charge is -2.32. The first-order valence-electron chi connectivity index (χ1n) is 9.45. The van der Waals surface area contributed by atoms with E-state index in [1.165, 1.54) is 12.1 Å². The second-order valence-electron chi connectivity index (χ2n) is 7.13. The number of rotatable bonds is 4. The van der Waals surface area contributed by atoms with Gasteiger partial charge in [0.25, 0.3) is 0 Å². The van der Waals surface area contributed by atoms with Crippen molar-refractivity contribution in [3.05, 3.63) is 77.9 Å². The van der Waals surface area contributed by atoms with E-state index in [1.54, 1.807) is 0 Å². The second-order valence-corrected chi connectivity index (χ2v) is 7.13. The third kappa shape index (κ3) is 4.14. The van der Waals surface area contributed by atoms with E-state index in [2.05, 4.69) is 12.1 Å². The van der Waals surface area contributed by atoms with Gasteiger partial charge in [0.15, 0.2) is 11.6 Å². The maximum Gasteiger partial charge on any atom is 0.226 e. The van der Waals surface area contributed by atoms with Crippen LogP contribution in [0.15, 0.2) is 60.7 Å². The second kappa shape index (κ2) is 7.97. The standard InChI is InChI=1S/C23H21F2NO2/c24-19-7-8-22(21(25)15-19)28-20-9-11-26(12-10-20)23(27)14-16-5-6-17-3-1-2-4-18(17)13-16/h1-8,13,15,20H,9-12,14H2. The van der Waals surface area contributed by atoms with E-state index in [-0.39, 0.29) is 17.8 Å². The summed E-state index contributed by atoms with van der Waals surface area (Å²) in [5, 5.41) is 2.28. The highest BCUT2D eigenvalue weighted by Gasteiger charge is 2.24. The number of fused-ring (bicyclic) bond motifs is 1. The Morgan fingerprint density at radius 3 is 2.46 bits per heavy atom. The minimum Gasteiger partial charge on any atom is -0.487 e. The Kier molecular flexibility index (Phi) is 5.24. The van der Waals surface area contributed by atoms with Crippen molar-refractivity contribution in [3.63, 3.8) is 0 Å².